The molecule has 1 amide bonds. The third kappa shape index (κ3) is 3.86. The van der Waals surface area contributed by atoms with Crippen LogP contribution in [0.3, 0.4) is 0 Å². The lowest BCUT2D eigenvalue weighted by Crippen LogP contribution is -2.37. The van der Waals surface area contributed by atoms with E-state index in [4.69, 9.17) is 4.42 Å². The lowest BCUT2D eigenvalue weighted by atomic mass is 10.00. The maximum absolute atomic E-state index is 11.7. The lowest BCUT2D eigenvalue weighted by molar-refractivity contribution is -0.116. The number of nitrogens with zero attached hydrogens (tertiary/aromatic N) is 1. The van der Waals surface area contributed by atoms with Gasteiger partial charge in [0.25, 0.3) is 0 Å². The highest BCUT2D eigenvalue weighted by molar-refractivity contribution is 5.91. The predicted molar refractivity (Wildman–Crippen MR) is 86.2 cm³/mol. The molecule has 0 atom stereocenters. The van der Waals surface area contributed by atoms with Gasteiger partial charge < -0.3 is 9.73 Å². The second kappa shape index (κ2) is 7.09. The SMILES string of the molecule is O=C(/C=C/c1ccco1)NCCN1CCc2ccccc2C1. The third-order valence-electron chi connectivity index (χ3n) is 3.88. The Hall–Kier alpha value is -2.33. The summed E-state index contributed by atoms with van der Waals surface area (Å²) >= 11 is 0. The number of hydrogen-bond acceptors (Lipinski definition) is 3. The monoisotopic (exact) mass is 296 g/mol. The van der Waals surface area contributed by atoms with Crippen molar-refractivity contribution in [1.29, 1.82) is 0 Å². The molecule has 0 saturated carbocycles. The van der Waals surface area contributed by atoms with Gasteiger partial charge >= 0.3 is 0 Å². The summed E-state index contributed by atoms with van der Waals surface area (Å²) in [6.45, 7) is 3.54. The molecule has 2 aromatic rings. The smallest absolute Gasteiger partial charge is 0.244 e. The Balaban J connectivity index is 1.41. The Labute approximate surface area is 130 Å². The molecule has 1 N–H and O–H groups in total. The van der Waals surface area contributed by atoms with Gasteiger partial charge in [-0.2, -0.15) is 0 Å². The maximum Gasteiger partial charge on any atom is 0.244 e. The van der Waals surface area contributed by atoms with Crippen molar-refractivity contribution in [2.45, 2.75) is 13.0 Å². The molecule has 1 aromatic carbocycles. The molecule has 0 radical (unpaired) electrons. The first-order chi connectivity index (χ1) is 10.8. The van der Waals surface area contributed by atoms with E-state index in [9.17, 15) is 4.79 Å². The highest BCUT2D eigenvalue weighted by Gasteiger charge is 2.14. The topological polar surface area (TPSA) is 45.5 Å². The zero-order chi connectivity index (χ0) is 15.2. The summed E-state index contributed by atoms with van der Waals surface area (Å²) < 4.78 is 5.14. The van der Waals surface area contributed by atoms with Crippen molar-refractivity contribution < 1.29 is 9.21 Å². The fourth-order valence-electron chi connectivity index (χ4n) is 2.69. The summed E-state index contributed by atoms with van der Waals surface area (Å²) in [7, 11) is 0. The molecule has 22 heavy (non-hydrogen) atoms. The van der Waals surface area contributed by atoms with E-state index in [-0.39, 0.29) is 5.91 Å². The van der Waals surface area contributed by atoms with Gasteiger partial charge in [0.15, 0.2) is 0 Å². The number of benzene rings is 1. The molecule has 0 aliphatic carbocycles. The van der Waals surface area contributed by atoms with Crippen molar-refractivity contribution in [2.24, 2.45) is 0 Å². The number of amides is 1. The number of fused-ring (bicyclic) bond motifs is 1. The molecule has 0 unspecified atom stereocenters. The van der Waals surface area contributed by atoms with Crippen LogP contribution in [0, 0.1) is 0 Å². The first-order valence-corrected chi connectivity index (χ1v) is 7.60. The zero-order valence-electron chi connectivity index (χ0n) is 12.5. The Morgan fingerprint density at radius 3 is 2.91 bits per heavy atom. The molecule has 0 fully saturated rings. The van der Waals surface area contributed by atoms with Gasteiger partial charge in [-0.1, -0.05) is 24.3 Å². The molecule has 3 rings (SSSR count). The molecular weight excluding hydrogens is 276 g/mol. The van der Waals surface area contributed by atoms with Gasteiger partial charge in [0, 0.05) is 32.3 Å². The summed E-state index contributed by atoms with van der Waals surface area (Å²) in [5.41, 5.74) is 2.85. The molecule has 0 spiro atoms. The van der Waals surface area contributed by atoms with E-state index in [2.05, 4.69) is 34.5 Å². The van der Waals surface area contributed by atoms with Gasteiger partial charge in [-0.05, 0) is 35.8 Å². The molecule has 1 aliphatic rings. The summed E-state index contributed by atoms with van der Waals surface area (Å²) in [5.74, 6) is 0.594. The largest absolute Gasteiger partial charge is 0.465 e. The van der Waals surface area contributed by atoms with Crippen molar-refractivity contribution in [3.05, 3.63) is 65.6 Å². The predicted octanol–water partition coefficient (Wildman–Crippen LogP) is 2.47. The van der Waals surface area contributed by atoms with Crippen LogP contribution in [-0.2, 0) is 17.8 Å². The highest BCUT2D eigenvalue weighted by Crippen LogP contribution is 2.17. The van der Waals surface area contributed by atoms with Crippen molar-refractivity contribution in [1.82, 2.24) is 10.2 Å². The zero-order valence-corrected chi connectivity index (χ0v) is 12.5. The summed E-state index contributed by atoms with van der Waals surface area (Å²) in [6, 6.07) is 12.2. The van der Waals surface area contributed by atoms with Gasteiger partial charge in [0.05, 0.1) is 6.26 Å². The van der Waals surface area contributed by atoms with E-state index in [1.165, 1.54) is 17.2 Å². The van der Waals surface area contributed by atoms with Crippen LogP contribution in [0.4, 0.5) is 0 Å². The van der Waals surface area contributed by atoms with Crippen molar-refractivity contribution in [3.63, 3.8) is 0 Å². The van der Waals surface area contributed by atoms with Gasteiger partial charge in [-0.25, -0.2) is 0 Å². The van der Waals surface area contributed by atoms with E-state index in [0.29, 0.717) is 12.3 Å². The van der Waals surface area contributed by atoms with Gasteiger partial charge in [-0.15, -0.1) is 0 Å². The van der Waals surface area contributed by atoms with Gasteiger partial charge in [-0.3, -0.25) is 9.69 Å². The summed E-state index contributed by atoms with van der Waals surface area (Å²) in [4.78, 5) is 14.1. The maximum atomic E-state index is 11.7. The van der Waals surface area contributed by atoms with Crippen LogP contribution >= 0.6 is 0 Å². The van der Waals surface area contributed by atoms with Crippen LogP contribution in [0.2, 0.25) is 0 Å². The van der Waals surface area contributed by atoms with E-state index in [1.54, 1.807) is 18.4 Å². The molecule has 4 heteroatoms. The number of hydrogen-bond donors (Lipinski definition) is 1. The summed E-state index contributed by atoms with van der Waals surface area (Å²) in [6.07, 6.45) is 5.85. The van der Waals surface area contributed by atoms with E-state index in [1.807, 2.05) is 6.07 Å². The average Bonchev–Trinajstić information content (AvgIpc) is 3.06. The first kappa shape index (κ1) is 14.6. The number of furan rings is 1. The van der Waals surface area contributed by atoms with Crippen LogP contribution in [0.15, 0.2) is 53.2 Å². The molecular formula is C18H20N2O2. The van der Waals surface area contributed by atoms with Crippen LogP contribution < -0.4 is 5.32 Å². The second-order valence-electron chi connectivity index (χ2n) is 5.43. The minimum Gasteiger partial charge on any atom is -0.465 e. The van der Waals surface area contributed by atoms with Crippen LogP contribution in [0.25, 0.3) is 6.08 Å². The number of rotatable bonds is 5. The Morgan fingerprint density at radius 1 is 1.23 bits per heavy atom. The quantitative estimate of drug-likeness (QED) is 0.862. The lowest BCUT2D eigenvalue weighted by Gasteiger charge is -2.28. The standard InChI is InChI=1S/C18H20N2O2/c21-18(8-7-17-6-3-13-22-17)19-10-12-20-11-9-15-4-1-2-5-16(15)14-20/h1-8,13H,9-12,14H2,(H,19,21)/b8-7+. The number of carbonyl (C=O) groups excluding carboxylic acids is 1. The van der Waals surface area contributed by atoms with Crippen molar-refractivity contribution in [3.8, 4) is 0 Å². The number of carbonyl (C=O) groups is 1. The molecule has 1 aliphatic heterocycles. The molecule has 2 heterocycles. The first-order valence-electron chi connectivity index (χ1n) is 7.60. The highest BCUT2D eigenvalue weighted by atomic mass is 16.3. The second-order valence-corrected chi connectivity index (χ2v) is 5.43. The van der Waals surface area contributed by atoms with Crippen LogP contribution in [0.5, 0.6) is 0 Å². The molecule has 114 valence electrons. The minimum absolute atomic E-state index is 0.0891. The average molecular weight is 296 g/mol. The fourth-order valence-corrected chi connectivity index (χ4v) is 2.69. The molecule has 0 bridgehead atoms. The molecule has 4 nitrogen and oxygen atoms in total. The molecule has 1 aromatic heterocycles. The Kier molecular flexibility index (Phi) is 4.71. The van der Waals surface area contributed by atoms with Gasteiger partial charge in [0.2, 0.25) is 5.91 Å². The van der Waals surface area contributed by atoms with E-state index < -0.39 is 0 Å². The normalized spacial score (nSPS) is 14.9. The Morgan fingerprint density at radius 2 is 2.09 bits per heavy atom. The van der Waals surface area contributed by atoms with E-state index >= 15 is 0 Å². The minimum atomic E-state index is -0.0891. The van der Waals surface area contributed by atoms with Crippen molar-refractivity contribution in [2.75, 3.05) is 19.6 Å². The molecule has 0 saturated heterocycles. The Bertz CT molecular complexity index is 647. The van der Waals surface area contributed by atoms with Crippen LogP contribution in [0.1, 0.15) is 16.9 Å². The summed E-state index contributed by atoms with van der Waals surface area (Å²) in [5, 5.41) is 2.91. The van der Waals surface area contributed by atoms with Gasteiger partial charge in [0.1, 0.15) is 5.76 Å². The van der Waals surface area contributed by atoms with E-state index in [0.717, 1.165) is 26.1 Å². The fraction of sp³-hybridized carbons (Fsp3) is 0.278. The third-order valence-corrected chi connectivity index (χ3v) is 3.88. The van der Waals surface area contributed by atoms with Crippen molar-refractivity contribution >= 4 is 12.0 Å². The number of nitrogens with one attached hydrogen (secondary N) is 1. The van der Waals surface area contributed by atoms with Crippen LogP contribution in [-0.4, -0.2) is 30.4 Å².